The second kappa shape index (κ2) is 7.17. The first-order valence-electron chi connectivity index (χ1n) is 6.01. The lowest BCUT2D eigenvalue weighted by Gasteiger charge is -2.18. The molecule has 1 unspecified atom stereocenters. The van der Waals surface area contributed by atoms with Crippen LogP contribution in [0.1, 0.15) is 13.8 Å². The van der Waals surface area contributed by atoms with E-state index in [1.165, 1.54) is 19.4 Å². The van der Waals surface area contributed by atoms with Gasteiger partial charge in [-0.1, -0.05) is 0 Å². The molecule has 0 aliphatic carbocycles. The summed E-state index contributed by atoms with van der Waals surface area (Å²) >= 11 is 0. The van der Waals surface area contributed by atoms with Crippen molar-refractivity contribution in [2.45, 2.75) is 18.9 Å². The minimum Gasteiger partial charge on any atom is -0.495 e. The summed E-state index contributed by atoms with van der Waals surface area (Å²) in [6.45, 7) is 3.62. The summed E-state index contributed by atoms with van der Waals surface area (Å²) in [7, 11) is -5.45. The van der Waals surface area contributed by atoms with Crippen molar-refractivity contribution < 1.29 is 22.6 Å². The second-order valence-corrected chi connectivity index (χ2v) is 8.33. The van der Waals surface area contributed by atoms with E-state index in [0.717, 1.165) is 0 Å². The molecule has 0 spiro atoms. The molecule has 0 aliphatic rings. The molecule has 0 saturated carbocycles. The summed E-state index contributed by atoms with van der Waals surface area (Å²) in [5.74, 6) is 0.488. The van der Waals surface area contributed by atoms with Gasteiger partial charge >= 0.3 is 7.60 Å². The molecule has 1 N–H and O–H groups in total. The van der Waals surface area contributed by atoms with E-state index in [-0.39, 0.29) is 18.2 Å². The highest BCUT2D eigenvalue weighted by Crippen LogP contribution is 2.50. The summed E-state index contributed by atoms with van der Waals surface area (Å²) in [6.07, 6.45) is 1.36. The molecule has 20 heavy (non-hydrogen) atoms. The number of nitrogens with zero attached hydrogens (tertiary/aromatic N) is 1. The predicted octanol–water partition coefficient (Wildman–Crippen LogP) is 2.72. The average molecular weight is 322 g/mol. The van der Waals surface area contributed by atoms with E-state index in [4.69, 9.17) is 18.6 Å². The summed E-state index contributed by atoms with van der Waals surface area (Å²) in [5, 5.41) is 0.0259. The molecule has 1 aromatic heterocycles. The molecule has 7 nitrogen and oxygen atoms in total. The standard InChI is InChI=1S/C11H19N2O5PS/c1-4-17-19(14,18-5-2)9-20(12,15)11-7-6-10(16-3)8-13-11/h6-8,12H,4-5,9H2,1-3H3. The third-order valence-electron chi connectivity index (χ3n) is 2.27. The van der Waals surface area contributed by atoms with Gasteiger partial charge in [-0.3, -0.25) is 4.57 Å². The van der Waals surface area contributed by atoms with Crippen LogP contribution >= 0.6 is 7.60 Å². The highest BCUT2D eigenvalue weighted by Gasteiger charge is 2.31. The number of ether oxygens (including phenoxy) is 1. The molecule has 1 atom stereocenters. The Kier molecular flexibility index (Phi) is 6.13. The molecule has 0 aliphatic heterocycles. The molecule has 0 radical (unpaired) electrons. The van der Waals surface area contributed by atoms with Gasteiger partial charge in [0.2, 0.25) is 0 Å². The highest BCUT2D eigenvalue weighted by atomic mass is 32.2. The van der Waals surface area contributed by atoms with Crippen molar-refractivity contribution in [3.05, 3.63) is 18.3 Å². The van der Waals surface area contributed by atoms with Crippen LogP contribution in [-0.2, 0) is 23.3 Å². The van der Waals surface area contributed by atoms with E-state index in [9.17, 15) is 8.77 Å². The highest BCUT2D eigenvalue weighted by molar-refractivity contribution is 7.98. The zero-order valence-corrected chi connectivity index (χ0v) is 13.4. The quantitative estimate of drug-likeness (QED) is 0.739. The van der Waals surface area contributed by atoms with Crippen molar-refractivity contribution in [3.63, 3.8) is 0 Å². The largest absolute Gasteiger partial charge is 0.495 e. The molecule has 0 aromatic carbocycles. The molecule has 1 heterocycles. The number of rotatable bonds is 8. The van der Waals surface area contributed by atoms with Gasteiger partial charge in [0.25, 0.3) is 0 Å². The fourth-order valence-electron chi connectivity index (χ4n) is 1.48. The van der Waals surface area contributed by atoms with Crippen molar-refractivity contribution >= 4 is 17.3 Å². The Bertz CT molecular complexity index is 563. The van der Waals surface area contributed by atoms with Crippen LogP contribution in [0, 0.1) is 4.78 Å². The molecule has 0 saturated heterocycles. The first-order valence-corrected chi connectivity index (χ1v) is 9.47. The van der Waals surface area contributed by atoms with E-state index in [0.29, 0.717) is 5.75 Å². The maximum Gasteiger partial charge on any atom is 0.344 e. The maximum atomic E-state index is 12.4. The van der Waals surface area contributed by atoms with Crippen LogP contribution in [0.25, 0.3) is 0 Å². The van der Waals surface area contributed by atoms with Crippen LogP contribution in [0.2, 0.25) is 0 Å². The van der Waals surface area contributed by atoms with Gasteiger partial charge in [0.1, 0.15) is 26.0 Å². The monoisotopic (exact) mass is 322 g/mol. The van der Waals surface area contributed by atoms with Gasteiger partial charge in [-0.2, -0.15) is 0 Å². The molecule has 9 heteroatoms. The van der Waals surface area contributed by atoms with Crippen LogP contribution in [0.5, 0.6) is 5.75 Å². The summed E-state index contributed by atoms with van der Waals surface area (Å²) in [5.41, 5.74) is -0.513. The van der Waals surface area contributed by atoms with Gasteiger partial charge in [0.05, 0.1) is 26.5 Å². The molecule has 1 aromatic rings. The zero-order chi connectivity index (χ0) is 15.2. The van der Waals surface area contributed by atoms with Gasteiger partial charge in [-0.15, -0.1) is 0 Å². The van der Waals surface area contributed by atoms with Gasteiger partial charge in [-0.25, -0.2) is 14.0 Å². The maximum absolute atomic E-state index is 12.4. The number of hydrogen-bond donors (Lipinski definition) is 1. The number of nitrogens with one attached hydrogen (secondary N) is 1. The first kappa shape index (κ1) is 17.1. The number of methoxy groups -OCH3 is 1. The minimum absolute atomic E-state index is 0.0259. The third-order valence-corrected chi connectivity index (χ3v) is 7.21. The van der Waals surface area contributed by atoms with Gasteiger partial charge in [0.15, 0.2) is 0 Å². The normalized spacial score (nSPS) is 14.8. The Morgan fingerprint density at radius 2 is 1.90 bits per heavy atom. The van der Waals surface area contributed by atoms with Crippen LogP contribution in [-0.4, -0.2) is 35.0 Å². The Balaban J connectivity index is 2.99. The Morgan fingerprint density at radius 1 is 1.30 bits per heavy atom. The molecule has 0 fully saturated rings. The summed E-state index contributed by atoms with van der Waals surface area (Å²) in [4.78, 5) is 3.91. The van der Waals surface area contributed by atoms with Crippen molar-refractivity contribution in [1.29, 1.82) is 4.78 Å². The lowest BCUT2D eigenvalue weighted by atomic mass is 10.5. The van der Waals surface area contributed by atoms with E-state index < -0.39 is 22.8 Å². The first-order chi connectivity index (χ1) is 9.37. The lowest BCUT2D eigenvalue weighted by molar-refractivity contribution is 0.224. The van der Waals surface area contributed by atoms with Gasteiger partial charge < -0.3 is 13.8 Å². The van der Waals surface area contributed by atoms with Crippen molar-refractivity contribution in [1.82, 2.24) is 4.98 Å². The smallest absolute Gasteiger partial charge is 0.344 e. The Morgan fingerprint density at radius 3 is 2.30 bits per heavy atom. The molecule has 0 amide bonds. The Hall–Kier alpha value is -0.950. The van der Waals surface area contributed by atoms with E-state index in [1.54, 1.807) is 19.9 Å². The number of hydrogen-bond acceptors (Lipinski definition) is 7. The van der Waals surface area contributed by atoms with E-state index >= 15 is 0 Å². The molecule has 114 valence electrons. The Labute approximate surface area is 119 Å². The summed E-state index contributed by atoms with van der Waals surface area (Å²) < 4.78 is 47.7. The minimum atomic E-state index is -3.56. The summed E-state index contributed by atoms with van der Waals surface area (Å²) in [6, 6.07) is 2.96. The second-order valence-electron chi connectivity index (χ2n) is 3.79. The predicted molar refractivity (Wildman–Crippen MR) is 75.6 cm³/mol. The van der Waals surface area contributed by atoms with Crippen LogP contribution in [0.4, 0.5) is 0 Å². The molecular weight excluding hydrogens is 303 g/mol. The SMILES string of the molecule is CCOP(=O)(CS(=N)(=O)c1ccc(OC)cn1)OCC. The molecule has 1 rings (SSSR count). The van der Waals surface area contributed by atoms with Crippen molar-refractivity contribution in [2.24, 2.45) is 0 Å². The topological polar surface area (TPSA) is 98.6 Å². The number of pyridine rings is 1. The lowest BCUT2D eigenvalue weighted by Crippen LogP contribution is -2.11. The van der Waals surface area contributed by atoms with Crippen molar-refractivity contribution in [2.75, 3.05) is 25.8 Å². The molecular formula is C11H19N2O5PS. The van der Waals surface area contributed by atoms with E-state index in [2.05, 4.69) is 4.98 Å². The van der Waals surface area contributed by atoms with Crippen LogP contribution in [0.15, 0.2) is 23.4 Å². The van der Waals surface area contributed by atoms with Gasteiger partial charge in [-0.05, 0) is 26.0 Å². The zero-order valence-electron chi connectivity index (χ0n) is 11.7. The fraction of sp³-hybridized carbons (Fsp3) is 0.545. The van der Waals surface area contributed by atoms with Crippen LogP contribution < -0.4 is 4.74 Å². The molecule has 0 bridgehead atoms. The third kappa shape index (κ3) is 4.56. The van der Waals surface area contributed by atoms with Crippen LogP contribution in [0.3, 0.4) is 0 Å². The number of aromatic nitrogens is 1. The van der Waals surface area contributed by atoms with Gasteiger partial charge in [0, 0.05) is 0 Å². The van der Waals surface area contributed by atoms with E-state index in [1.807, 2.05) is 0 Å². The fourth-order valence-corrected chi connectivity index (χ4v) is 5.76. The average Bonchev–Trinajstić information content (AvgIpc) is 2.38. The van der Waals surface area contributed by atoms with Crippen molar-refractivity contribution in [3.8, 4) is 5.75 Å².